The van der Waals surface area contributed by atoms with Gasteiger partial charge in [-0.15, -0.1) is 0 Å². The highest BCUT2D eigenvalue weighted by Gasteiger charge is 2.18. The molecule has 1 fully saturated rings. The molecule has 0 spiro atoms. The first-order chi connectivity index (χ1) is 13.8. The molecule has 1 aliphatic carbocycles. The lowest BCUT2D eigenvalue weighted by Crippen LogP contribution is -2.09. The minimum atomic E-state index is 0.732. The normalized spacial score (nSPS) is 15.2. The Hall–Kier alpha value is -1.64. The zero-order valence-corrected chi connectivity index (χ0v) is 17.8. The predicted octanol–water partition coefficient (Wildman–Crippen LogP) is 7.54. The Morgan fingerprint density at radius 3 is 2.25 bits per heavy atom. The highest BCUT2D eigenvalue weighted by Crippen LogP contribution is 2.27. The lowest BCUT2D eigenvalue weighted by Gasteiger charge is -2.19. The van der Waals surface area contributed by atoms with Gasteiger partial charge in [-0.25, -0.2) is 0 Å². The first kappa shape index (κ1) is 21.1. The standard InChI is InChI=1S/C25H38N2O/c1-2-3-4-5-6-7-8-10-13-21-16-18-23(19-17-21)25-26-24(28-27-25)20-22-14-11-9-12-15-22/h16-19,22H,2-15,20H2,1H3. The van der Waals surface area contributed by atoms with Crippen molar-refractivity contribution in [2.45, 2.75) is 103 Å². The summed E-state index contributed by atoms with van der Waals surface area (Å²) in [4.78, 5) is 4.64. The third kappa shape index (κ3) is 7.07. The summed E-state index contributed by atoms with van der Waals surface area (Å²) in [5.74, 6) is 2.28. The van der Waals surface area contributed by atoms with Gasteiger partial charge < -0.3 is 4.52 Å². The van der Waals surface area contributed by atoms with E-state index in [2.05, 4.69) is 41.3 Å². The van der Waals surface area contributed by atoms with Crippen LogP contribution in [0.15, 0.2) is 28.8 Å². The molecule has 0 radical (unpaired) electrons. The van der Waals surface area contributed by atoms with Gasteiger partial charge in [0, 0.05) is 12.0 Å². The lowest BCUT2D eigenvalue weighted by atomic mass is 9.87. The first-order valence-corrected chi connectivity index (χ1v) is 11.8. The fourth-order valence-corrected chi connectivity index (χ4v) is 4.38. The molecule has 0 saturated heterocycles. The van der Waals surface area contributed by atoms with Gasteiger partial charge in [-0.1, -0.05) is 101 Å². The van der Waals surface area contributed by atoms with E-state index in [9.17, 15) is 0 Å². The average molecular weight is 383 g/mol. The van der Waals surface area contributed by atoms with E-state index in [0.717, 1.165) is 29.6 Å². The van der Waals surface area contributed by atoms with Crippen molar-refractivity contribution in [2.75, 3.05) is 0 Å². The van der Waals surface area contributed by atoms with Crippen LogP contribution in [0.4, 0.5) is 0 Å². The summed E-state index contributed by atoms with van der Waals surface area (Å²) in [6.07, 6.45) is 19.8. The molecule has 3 heteroatoms. The molecular weight excluding hydrogens is 344 g/mol. The second kappa shape index (κ2) is 12.0. The van der Waals surface area contributed by atoms with Crippen LogP contribution in [0.3, 0.4) is 0 Å². The van der Waals surface area contributed by atoms with Crippen LogP contribution in [0.1, 0.15) is 102 Å². The Bertz CT molecular complexity index is 655. The molecule has 1 aromatic carbocycles. The second-order valence-electron chi connectivity index (χ2n) is 8.64. The average Bonchev–Trinajstić information content (AvgIpc) is 3.20. The molecule has 0 amide bonds. The number of rotatable bonds is 12. The zero-order chi connectivity index (χ0) is 19.4. The van der Waals surface area contributed by atoms with Gasteiger partial charge in [0.05, 0.1) is 0 Å². The summed E-state index contributed by atoms with van der Waals surface area (Å²) < 4.78 is 5.52. The second-order valence-corrected chi connectivity index (χ2v) is 8.64. The predicted molar refractivity (Wildman–Crippen MR) is 116 cm³/mol. The van der Waals surface area contributed by atoms with Gasteiger partial charge in [0.15, 0.2) is 0 Å². The minimum absolute atomic E-state index is 0.732. The molecule has 1 aliphatic rings. The van der Waals surface area contributed by atoms with E-state index in [1.54, 1.807) is 0 Å². The maximum absolute atomic E-state index is 5.52. The topological polar surface area (TPSA) is 38.9 Å². The van der Waals surface area contributed by atoms with E-state index in [-0.39, 0.29) is 0 Å². The van der Waals surface area contributed by atoms with E-state index in [1.807, 2.05) is 0 Å². The maximum atomic E-state index is 5.52. The first-order valence-electron chi connectivity index (χ1n) is 11.8. The summed E-state index contributed by atoms with van der Waals surface area (Å²) in [5, 5.41) is 4.21. The van der Waals surface area contributed by atoms with Crippen LogP contribution >= 0.6 is 0 Å². The molecule has 2 aromatic rings. The van der Waals surface area contributed by atoms with Crippen LogP contribution in [0.2, 0.25) is 0 Å². The third-order valence-electron chi connectivity index (χ3n) is 6.19. The zero-order valence-electron chi connectivity index (χ0n) is 17.8. The molecule has 0 atom stereocenters. The molecule has 0 N–H and O–H groups in total. The van der Waals surface area contributed by atoms with Gasteiger partial charge in [0.1, 0.15) is 0 Å². The van der Waals surface area contributed by atoms with Crippen molar-refractivity contribution in [3.8, 4) is 11.4 Å². The van der Waals surface area contributed by atoms with Crippen molar-refractivity contribution in [1.29, 1.82) is 0 Å². The van der Waals surface area contributed by atoms with E-state index >= 15 is 0 Å². The molecule has 3 nitrogen and oxygen atoms in total. The molecule has 0 unspecified atom stereocenters. The van der Waals surface area contributed by atoms with Crippen molar-refractivity contribution in [3.63, 3.8) is 0 Å². The van der Waals surface area contributed by atoms with Crippen LogP contribution in [0, 0.1) is 5.92 Å². The Labute approximate surface area is 171 Å². The van der Waals surface area contributed by atoms with Crippen LogP contribution in [-0.4, -0.2) is 10.1 Å². The SMILES string of the molecule is CCCCCCCCCCc1ccc(-c2noc(CC3CCCCC3)n2)cc1. The summed E-state index contributed by atoms with van der Waals surface area (Å²) >= 11 is 0. The lowest BCUT2D eigenvalue weighted by molar-refractivity contribution is 0.305. The number of nitrogens with zero attached hydrogens (tertiary/aromatic N) is 2. The highest BCUT2D eigenvalue weighted by atomic mass is 16.5. The van der Waals surface area contributed by atoms with Gasteiger partial charge in [-0.05, 0) is 37.2 Å². The molecule has 3 rings (SSSR count). The Morgan fingerprint density at radius 2 is 1.54 bits per heavy atom. The minimum Gasteiger partial charge on any atom is -0.339 e. The molecule has 28 heavy (non-hydrogen) atoms. The summed E-state index contributed by atoms with van der Waals surface area (Å²) in [7, 11) is 0. The molecule has 1 saturated carbocycles. The number of hydrogen-bond acceptors (Lipinski definition) is 3. The fraction of sp³-hybridized carbons (Fsp3) is 0.680. The Kier molecular flexibility index (Phi) is 9.06. The Morgan fingerprint density at radius 1 is 0.857 bits per heavy atom. The van der Waals surface area contributed by atoms with Crippen LogP contribution in [0.25, 0.3) is 11.4 Å². The van der Waals surface area contributed by atoms with Crippen molar-refractivity contribution in [1.82, 2.24) is 10.1 Å². The Balaban J connectivity index is 1.38. The molecule has 154 valence electrons. The number of aryl methyl sites for hydroxylation is 1. The quantitative estimate of drug-likeness (QED) is 0.356. The van der Waals surface area contributed by atoms with Crippen LogP contribution < -0.4 is 0 Å². The molecule has 0 bridgehead atoms. The molecule has 0 aliphatic heterocycles. The third-order valence-corrected chi connectivity index (χ3v) is 6.19. The van der Waals surface area contributed by atoms with Gasteiger partial charge >= 0.3 is 0 Å². The van der Waals surface area contributed by atoms with Gasteiger partial charge in [0.2, 0.25) is 11.7 Å². The van der Waals surface area contributed by atoms with Crippen molar-refractivity contribution >= 4 is 0 Å². The number of benzene rings is 1. The smallest absolute Gasteiger partial charge is 0.227 e. The molecular formula is C25H38N2O. The van der Waals surface area contributed by atoms with E-state index in [0.29, 0.717) is 0 Å². The van der Waals surface area contributed by atoms with Gasteiger partial charge in [-0.2, -0.15) is 4.98 Å². The van der Waals surface area contributed by atoms with Crippen LogP contribution in [-0.2, 0) is 12.8 Å². The van der Waals surface area contributed by atoms with Gasteiger partial charge in [0.25, 0.3) is 0 Å². The highest BCUT2D eigenvalue weighted by molar-refractivity contribution is 5.54. The molecule has 1 aromatic heterocycles. The maximum Gasteiger partial charge on any atom is 0.227 e. The van der Waals surface area contributed by atoms with Crippen molar-refractivity contribution in [2.24, 2.45) is 5.92 Å². The summed E-state index contributed by atoms with van der Waals surface area (Å²) in [6, 6.07) is 8.76. The van der Waals surface area contributed by atoms with E-state index in [4.69, 9.17) is 4.52 Å². The van der Waals surface area contributed by atoms with E-state index < -0.39 is 0 Å². The summed E-state index contributed by atoms with van der Waals surface area (Å²) in [5.41, 5.74) is 2.49. The largest absolute Gasteiger partial charge is 0.339 e. The fourth-order valence-electron chi connectivity index (χ4n) is 4.38. The number of unbranched alkanes of at least 4 members (excludes halogenated alkanes) is 7. The van der Waals surface area contributed by atoms with Gasteiger partial charge in [-0.3, -0.25) is 0 Å². The van der Waals surface area contributed by atoms with E-state index in [1.165, 1.54) is 95.5 Å². The summed E-state index contributed by atoms with van der Waals surface area (Å²) in [6.45, 7) is 2.28. The van der Waals surface area contributed by atoms with Crippen molar-refractivity contribution < 1.29 is 4.52 Å². The number of hydrogen-bond donors (Lipinski definition) is 0. The number of aromatic nitrogens is 2. The monoisotopic (exact) mass is 382 g/mol. The molecule has 1 heterocycles. The van der Waals surface area contributed by atoms with Crippen LogP contribution in [0.5, 0.6) is 0 Å². The van der Waals surface area contributed by atoms with Crippen molar-refractivity contribution in [3.05, 3.63) is 35.7 Å².